The van der Waals surface area contributed by atoms with Gasteiger partial charge in [-0.15, -0.1) is 0 Å². The molecule has 0 atom stereocenters. The van der Waals surface area contributed by atoms with E-state index < -0.39 is 13.2 Å². The molecule has 0 aromatic heterocycles. The van der Waals surface area contributed by atoms with Gasteiger partial charge in [-0.25, -0.2) is 9.56 Å². The van der Waals surface area contributed by atoms with Crippen molar-refractivity contribution >= 4 is 36.6 Å². The summed E-state index contributed by atoms with van der Waals surface area (Å²) in [5.74, 6) is -0.218. The molecule has 2 aliphatic rings. The second-order valence-electron chi connectivity index (χ2n) is 6.23. The number of Topliss-reactive ketones (excluding diaryl/α,β-unsaturated/α-hetero) is 1. The molecule has 0 radical (unpaired) electrons. The minimum absolute atomic E-state index is 0.0272. The van der Waals surface area contributed by atoms with Gasteiger partial charge in [-0.3, -0.25) is 14.6 Å². The summed E-state index contributed by atoms with van der Waals surface area (Å²) in [7, 11) is -4.66. The molecule has 140 valence electrons. The summed E-state index contributed by atoms with van der Waals surface area (Å²) in [6.45, 7) is 9.44. The van der Waals surface area contributed by atoms with E-state index in [-0.39, 0.29) is 16.6 Å². The number of fused-ring (bicyclic) bond motifs is 2. The van der Waals surface area contributed by atoms with Crippen LogP contribution in [-0.2, 0) is 14.8 Å². The van der Waals surface area contributed by atoms with Crippen LogP contribution in [0.4, 0.5) is 5.69 Å². The van der Waals surface area contributed by atoms with Crippen LogP contribution in [0.1, 0.15) is 40.2 Å². The number of carbonyl (C=O) groups is 1. The molecule has 0 saturated heterocycles. The average molecular weight is 398 g/mol. The molecule has 1 heterocycles. The third-order valence-corrected chi connectivity index (χ3v) is 4.93. The highest BCUT2D eigenvalue weighted by molar-refractivity contribution is 7.46. The molecule has 2 N–H and O–H groups in total. The van der Waals surface area contributed by atoms with E-state index in [1.807, 2.05) is 27.7 Å². The lowest BCUT2D eigenvalue weighted by molar-refractivity contribution is -0.111. The number of allylic oxidation sites excluding steroid dienone is 4. The smallest absolute Gasteiger partial charge is 0.404 e. The van der Waals surface area contributed by atoms with E-state index in [1.165, 1.54) is 12.1 Å². The zero-order chi connectivity index (χ0) is 19.9. The van der Waals surface area contributed by atoms with E-state index in [2.05, 4.69) is 9.52 Å². The minimum atomic E-state index is -4.66. The second kappa shape index (κ2) is 7.12. The number of aliphatic imine (C=N–C) groups is 1. The van der Waals surface area contributed by atoms with Crippen molar-refractivity contribution < 1.29 is 23.7 Å². The number of hydrogen-bond donors (Lipinski definition) is 2. The summed E-state index contributed by atoms with van der Waals surface area (Å²) in [6, 6.07) is 4.58. The summed E-state index contributed by atoms with van der Waals surface area (Å²) in [4.78, 5) is 34.7. The van der Waals surface area contributed by atoms with Crippen LogP contribution in [0.15, 0.2) is 45.4 Å². The Hall–Kier alpha value is -1.72. The Morgan fingerprint density at radius 1 is 1.23 bits per heavy atom. The van der Waals surface area contributed by atoms with Crippen molar-refractivity contribution in [3.05, 3.63) is 46.0 Å². The monoisotopic (exact) mass is 397 g/mol. The summed E-state index contributed by atoms with van der Waals surface area (Å²) in [6.07, 6.45) is 1.70. The molecule has 1 aromatic rings. The van der Waals surface area contributed by atoms with Gasteiger partial charge in [-0.05, 0) is 36.8 Å². The maximum Gasteiger partial charge on any atom is 0.524 e. The van der Waals surface area contributed by atoms with E-state index in [0.717, 1.165) is 0 Å². The predicted octanol–water partition coefficient (Wildman–Crippen LogP) is 4.57. The van der Waals surface area contributed by atoms with Crippen molar-refractivity contribution in [3.63, 3.8) is 0 Å². The summed E-state index contributed by atoms with van der Waals surface area (Å²) >= 11 is 6.29. The zero-order valence-electron chi connectivity index (χ0n) is 15.2. The van der Waals surface area contributed by atoms with Crippen molar-refractivity contribution in [3.8, 4) is 5.75 Å². The largest absolute Gasteiger partial charge is 0.524 e. The molecule has 1 aliphatic carbocycles. The third kappa shape index (κ3) is 3.69. The Morgan fingerprint density at radius 2 is 1.85 bits per heavy atom. The normalized spacial score (nSPS) is 18.1. The lowest BCUT2D eigenvalue weighted by atomic mass is 9.71. The Kier molecular flexibility index (Phi) is 5.64. The first-order valence-electron chi connectivity index (χ1n) is 8.12. The number of phosphoric ester groups is 1. The van der Waals surface area contributed by atoms with Crippen LogP contribution in [0, 0.1) is 0 Å². The molecule has 0 bridgehead atoms. The van der Waals surface area contributed by atoms with Gasteiger partial charge in [0, 0.05) is 16.6 Å². The van der Waals surface area contributed by atoms with E-state index in [0.29, 0.717) is 28.1 Å². The van der Waals surface area contributed by atoms with Crippen molar-refractivity contribution in [1.29, 1.82) is 0 Å². The van der Waals surface area contributed by atoms with Gasteiger partial charge in [0.1, 0.15) is 5.75 Å². The molecule has 0 saturated carbocycles. The molecule has 26 heavy (non-hydrogen) atoms. The Bertz CT molecular complexity index is 908. The van der Waals surface area contributed by atoms with Crippen LogP contribution < -0.4 is 4.52 Å². The molecule has 0 fully saturated rings. The van der Waals surface area contributed by atoms with E-state index in [4.69, 9.17) is 21.4 Å². The molecule has 1 aliphatic heterocycles. The number of benzene rings is 1. The fourth-order valence-electron chi connectivity index (χ4n) is 3.00. The summed E-state index contributed by atoms with van der Waals surface area (Å²) < 4.78 is 15.7. The second-order valence-corrected chi connectivity index (χ2v) is 7.77. The fraction of sp³-hybridized carbons (Fsp3) is 0.333. The van der Waals surface area contributed by atoms with Crippen molar-refractivity contribution in [2.75, 3.05) is 0 Å². The molecule has 0 amide bonds. The van der Waals surface area contributed by atoms with Crippen molar-refractivity contribution in [1.82, 2.24) is 0 Å². The number of ketones is 1. The molecule has 8 heteroatoms. The molecule has 1 aromatic carbocycles. The third-order valence-electron chi connectivity index (χ3n) is 4.12. The van der Waals surface area contributed by atoms with Gasteiger partial charge in [-0.2, -0.15) is 0 Å². The predicted molar refractivity (Wildman–Crippen MR) is 102 cm³/mol. The van der Waals surface area contributed by atoms with Crippen molar-refractivity contribution in [2.24, 2.45) is 4.99 Å². The van der Waals surface area contributed by atoms with Crippen LogP contribution in [0.5, 0.6) is 5.75 Å². The first kappa shape index (κ1) is 20.6. The number of halogens is 1. The molecule has 0 spiro atoms. The van der Waals surface area contributed by atoms with Crippen LogP contribution >= 0.6 is 19.4 Å². The lowest BCUT2D eigenvalue weighted by Gasteiger charge is -2.36. The lowest BCUT2D eigenvalue weighted by Crippen LogP contribution is -2.33. The van der Waals surface area contributed by atoms with E-state index in [9.17, 15) is 9.36 Å². The number of phosphoric acid groups is 1. The average Bonchev–Trinajstić information content (AvgIpc) is 2.53. The number of rotatable bonds is 2. The van der Waals surface area contributed by atoms with Gasteiger partial charge >= 0.3 is 7.82 Å². The SMILES string of the molecule is CC.CC1=CC2=Nc3ccc(OP(=O)(O)O)cc3C(C)(C)C2=C(Cl)C1=O. The Balaban J connectivity index is 0.00000117. The van der Waals surface area contributed by atoms with Gasteiger partial charge in [0.05, 0.1) is 16.4 Å². The summed E-state index contributed by atoms with van der Waals surface area (Å²) in [5.41, 5.74) is 2.37. The zero-order valence-corrected chi connectivity index (χ0v) is 16.9. The molecule has 3 rings (SSSR count). The molecule has 0 unspecified atom stereocenters. The van der Waals surface area contributed by atoms with Crippen LogP contribution in [0.25, 0.3) is 0 Å². The van der Waals surface area contributed by atoms with Crippen LogP contribution in [0.3, 0.4) is 0 Å². The van der Waals surface area contributed by atoms with Gasteiger partial charge in [-0.1, -0.05) is 39.3 Å². The standard InChI is InChI=1S/C16H15ClNO5P.C2H6/c1-8-6-12-13(14(17)15(8)19)16(2,3)10-7-9(23-24(20,21)22)4-5-11(10)18-12;1-2/h4-7H,1-3H3,(H2,20,21,22);1-2H3. The van der Waals surface area contributed by atoms with E-state index in [1.54, 1.807) is 19.1 Å². The Labute approximate surface area is 157 Å². The number of carbonyl (C=O) groups excluding carboxylic acids is 1. The molecular formula is C18H21ClNO5P. The molecule has 6 nitrogen and oxygen atoms in total. The van der Waals surface area contributed by atoms with Crippen LogP contribution in [0.2, 0.25) is 0 Å². The molecular weight excluding hydrogens is 377 g/mol. The minimum Gasteiger partial charge on any atom is -0.404 e. The van der Waals surface area contributed by atoms with Gasteiger partial charge in [0.15, 0.2) is 0 Å². The van der Waals surface area contributed by atoms with Gasteiger partial charge in [0.2, 0.25) is 5.78 Å². The number of nitrogens with zero attached hydrogens (tertiary/aromatic N) is 1. The summed E-state index contributed by atoms with van der Waals surface area (Å²) in [5, 5.41) is 0.116. The van der Waals surface area contributed by atoms with Crippen LogP contribution in [-0.4, -0.2) is 21.3 Å². The highest BCUT2D eigenvalue weighted by Crippen LogP contribution is 2.48. The maximum atomic E-state index is 12.2. The number of hydrogen-bond acceptors (Lipinski definition) is 4. The first-order chi connectivity index (χ1) is 12.0. The highest BCUT2D eigenvalue weighted by atomic mass is 35.5. The quantitative estimate of drug-likeness (QED) is 0.563. The van der Waals surface area contributed by atoms with Gasteiger partial charge < -0.3 is 4.52 Å². The fourth-order valence-corrected chi connectivity index (χ4v) is 3.87. The van der Waals surface area contributed by atoms with Gasteiger partial charge in [0.25, 0.3) is 0 Å². The van der Waals surface area contributed by atoms with E-state index >= 15 is 0 Å². The Morgan fingerprint density at radius 3 is 2.42 bits per heavy atom. The van der Waals surface area contributed by atoms with Crippen molar-refractivity contribution in [2.45, 2.75) is 40.0 Å². The highest BCUT2D eigenvalue weighted by Gasteiger charge is 2.40. The maximum absolute atomic E-state index is 12.2. The first-order valence-corrected chi connectivity index (χ1v) is 10.0. The topological polar surface area (TPSA) is 96.2 Å².